The summed E-state index contributed by atoms with van der Waals surface area (Å²) in [7, 11) is 0. The van der Waals surface area contributed by atoms with Crippen molar-refractivity contribution >= 4 is 22.8 Å². The molecule has 19 heavy (non-hydrogen) atoms. The molecule has 0 bridgehead atoms. The molecule has 8 heteroatoms. The molecular weight excluding hydrogens is 263 g/mol. The first-order valence-electron chi connectivity index (χ1n) is 4.99. The monoisotopic (exact) mass is 273 g/mol. The Morgan fingerprint density at radius 1 is 1.32 bits per heavy atom. The summed E-state index contributed by atoms with van der Waals surface area (Å²) in [5.74, 6) is -2.29. The van der Waals surface area contributed by atoms with E-state index in [0.29, 0.717) is 5.82 Å². The molecule has 102 valence electrons. The van der Waals surface area contributed by atoms with Crippen molar-refractivity contribution in [1.29, 1.82) is 0 Å². The highest BCUT2D eigenvalue weighted by molar-refractivity contribution is 5.75. The van der Waals surface area contributed by atoms with Crippen LogP contribution in [0.1, 0.15) is 5.56 Å². The summed E-state index contributed by atoms with van der Waals surface area (Å²) in [5.41, 5.74) is 8.41. The van der Waals surface area contributed by atoms with Crippen LogP contribution in [0.5, 0.6) is 0 Å². The Kier molecular flexibility index (Phi) is 4.26. The summed E-state index contributed by atoms with van der Waals surface area (Å²) in [6, 6.07) is 5.91. The maximum absolute atomic E-state index is 10.6. The number of nitrogens with two attached hydrogens (primary N) is 1. The quantitative estimate of drug-likeness (QED) is 0.767. The zero-order chi connectivity index (χ0) is 14.6. The number of carboxylic acid groups (broad SMARTS) is 1. The summed E-state index contributed by atoms with van der Waals surface area (Å²) in [5, 5.41) is 7.12. The molecular formula is C11H10F3N3O2. The highest BCUT2D eigenvalue weighted by Crippen LogP contribution is 2.13. The molecule has 0 aliphatic heterocycles. The number of nitrogens with zero attached hydrogens (tertiary/aromatic N) is 2. The second-order valence-electron chi connectivity index (χ2n) is 3.59. The average molecular weight is 273 g/mol. The number of anilines is 1. The number of aryl methyl sites for hydroxylation is 1. The van der Waals surface area contributed by atoms with Gasteiger partial charge in [0, 0.05) is 0 Å². The molecule has 5 nitrogen and oxygen atoms in total. The van der Waals surface area contributed by atoms with Crippen LogP contribution in [0.25, 0.3) is 11.0 Å². The number of carboxylic acids is 1. The number of aliphatic carboxylic acids is 1. The van der Waals surface area contributed by atoms with Crippen LogP contribution in [-0.4, -0.2) is 27.2 Å². The van der Waals surface area contributed by atoms with E-state index in [9.17, 15) is 13.2 Å². The number of carbonyl (C=O) groups is 1. The fourth-order valence-corrected chi connectivity index (χ4v) is 1.14. The van der Waals surface area contributed by atoms with Gasteiger partial charge in [0.25, 0.3) is 0 Å². The molecule has 0 saturated carbocycles. The number of benzene rings is 1. The predicted octanol–water partition coefficient (Wildman–Crippen LogP) is 2.15. The fourth-order valence-electron chi connectivity index (χ4n) is 1.14. The van der Waals surface area contributed by atoms with Crippen LogP contribution in [0.2, 0.25) is 0 Å². The van der Waals surface area contributed by atoms with Crippen LogP contribution in [0.4, 0.5) is 19.0 Å². The van der Waals surface area contributed by atoms with Gasteiger partial charge in [0.1, 0.15) is 5.82 Å². The number of nitrogen functional groups attached to an aromatic ring is 1. The van der Waals surface area contributed by atoms with Gasteiger partial charge in [-0.2, -0.15) is 13.2 Å². The van der Waals surface area contributed by atoms with Crippen molar-refractivity contribution in [3.05, 3.63) is 30.0 Å². The van der Waals surface area contributed by atoms with Crippen molar-refractivity contribution in [3.8, 4) is 0 Å². The topological polar surface area (TPSA) is 89.1 Å². The van der Waals surface area contributed by atoms with Gasteiger partial charge in [0.2, 0.25) is 0 Å². The number of alkyl halides is 3. The Balaban J connectivity index is 0.000000224. The Morgan fingerprint density at radius 3 is 2.42 bits per heavy atom. The van der Waals surface area contributed by atoms with Crippen LogP contribution in [0.15, 0.2) is 24.4 Å². The fraction of sp³-hybridized carbons (Fsp3) is 0.182. The minimum absolute atomic E-state index is 0.464. The van der Waals surface area contributed by atoms with Crippen LogP contribution in [0.3, 0.4) is 0 Å². The lowest BCUT2D eigenvalue weighted by Gasteiger charge is -1.97. The smallest absolute Gasteiger partial charge is 0.475 e. The van der Waals surface area contributed by atoms with Gasteiger partial charge in [-0.3, -0.25) is 4.98 Å². The molecule has 0 unspecified atom stereocenters. The lowest BCUT2D eigenvalue weighted by atomic mass is 10.2. The first-order valence-corrected chi connectivity index (χ1v) is 4.99. The number of hydrogen-bond donors (Lipinski definition) is 2. The Morgan fingerprint density at radius 2 is 1.89 bits per heavy atom. The van der Waals surface area contributed by atoms with Crippen molar-refractivity contribution in [1.82, 2.24) is 9.97 Å². The number of aromatic nitrogens is 2. The molecule has 0 aliphatic carbocycles. The van der Waals surface area contributed by atoms with E-state index in [2.05, 4.69) is 9.97 Å². The molecule has 2 rings (SSSR count). The Labute approximate surface area is 105 Å². The van der Waals surface area contributed by atoms with Crippen molar-refractivity contribution in [2.45, 2.75) is 13.1 Å². The van der Waals surface area contributed by atoms with Gasteiger partial charge >= 0.3 is 12.1 Å². The molecule has 0 atom stereocenters. The third-order valence-electron chi connectivity index (χ3n) is 1.96. The molecule has 1 aromatic heterocycles. The average Bonchev–Trinajstić information content (AvgIpc) is 2.29. The minimum atomic E-state index is -5.08. The standard InChI is InChI=1S/C9H9N3.C2HF3O2/c1-6-2-3-7-8(4-6)11-5-9(10)12-7;3-2(4,5)1(6)7/h2-5H,1H3,(H2,10,12);(H,6,7). The molecule has 0 radical (unpaired) electrons. The molecule has 2 aromatic rings. The maximum atomic E-state index is 10.6. The lowest BCUT2D eigenvalue weighted by Crippen LogP contribution is -2.21. The number of fused-ring (bicyclic) bond motifs is 1. The van der Waals surface area contributed by atoms with E-state index in [-0.39, 0.29) is 0 Å². The van der Waals surface area contributed by atoms with Gasteiger partial charge in [-0.15, -0.1) is 0 Å². The molecule has 1 aromatic carbocycles. The normalized spacial score (nSPS) is 10.7. The van der Waals surface area contributed by atoms with E-state index < -0.39 is 12.1 Å². The van der Waals surface area contributed by atoms with Crippen LogP contribution < -0.4 is 5.73 Å². The van der Waals surface area contributed by atoms with E-state index in [1.54, 1.807) is 6.20 Å². The maximum Gasteiger partial charge on any atom is 0.490 e. The van der Waals surface area contributed by atoms with E-state index in [4.69, 9.17) is 15.6 Å². The van der Waals surface area contributed by atoms with Crippen molar-refractivity contribution in [3.63, 3.8) is 0 Å². The highest BCUT2D eigenvalue weighted by atomic mass is 19.4. The third-order valence-corrected chi connectivity index (χ3v) is 1.96. The molecule has 3 N–H and O–H groups in total. The van der Waals surface area contributed by atoms with Crippen LogP contribution in [0, 0.1) is 6.92 Å². The number of halogens is 3. The van der Waals surface area contributed by atoms with Crippen molar-refractivity contribution < 1.29 is 23.1 Å². The van der Waals surface area contributed by atoms with E-state index in [1.165, 1.54) is 5.56 Å². The third kappa shape index (κ3) is 4.41. The Hall–Kier alpha value is -2.38. The molecule has 0 saturated heterocycles. The second kappa shape index (κ2) is 5.51. The zero-order valence-corrected chi connectivity index (χ0v) is 9.77. The van der Waals surface area contributed by atoms with Gasteiger partial charge in [0.15, 0.2) is 0 Å². The molecule has 0 amide bonds. The minimum Gasteiger partial charge on any atom is -0.475 e. The highest BCUT2D eigenvalue weighted by Gasteiger charge is 2.38. The Bertz CT molecular complexity index is 558. The lowest BCUT2D eigenvalue weighted by molar-refractivity contribution is -0.192. The predicted molar refractivity (Wildman–Crippen MR) is 62.4 cm³/mol. The van der Waals surface area contributed by atoms with Gasteiger partial charge in [-0.25, -0.2) is 9.78 Å². The first kappa shape index (κ1) is 14.7. The number of hydrogen-bond acceptors (Lipinski definition) is 4. The molecule has 0 fully saturated rings. The van der Waals surface area contributed by atoms with Crippen LogP contribution in [-0.2, 0) is 4.79 Å². The van der Waals surface area contributed by atoms with E-state index >= 15 is 0 Å². The summed E-state index contributed by atoms with van der Waals surface area (Å²) < 4.78 is 31.7. The first-order chi connectivity index (χ1) is 8.70. The van der Waals surface area contributed by atoms with E-state index in [1.807, 2.05) is 25.1 Å². The van der Waals surface area contributed by atoms with Gasteiger partial charge in [-0.1, -0.05) is 6.07 Å². The second-order valence-corrected chi connectivity index (χ2v) is 3.59. The summed E-state index contributed by atoms with van der Waals surface area (Å²) in [6.45, 7) is 2.03. The number of rotatable bonds is 0. The molecule has 1 heterocycles. The summed E-state index contributed by atoms with van der Waals surface area (Å²) in [4.78, 5) is 17.2. The van der Waals surface area contributed by atoms with Gasteiger partial charge in [-0.05, 0) is 24.6 Å². The summed E-state index contributed by atoms with van der Waals surface area (Å²) >= 11 is 0. The van der Waals surface area contributed by atoms with Gasteiger partial charge in [0.05, 0.1) is 17.2 Å². The summed E-state index contributed by atoms with van der Waals surface area (Å²) in [6.07, 6.45) is -3.51. The zero-order valence-electron chi connectivity index (χ0n) is 9.77. The van der Waals surface area contributed by atoms with E-state index in [0.717, 1.165) is 11.0 Å². The van der Waals surface area contributed by atoms with Crippen LogP contribution >= 0.6 is 0 Å². The SMILES string of the molecule is Cc1ccc2nc(N)cnc2c1.O=C(O)C(F)(F)F. The molecule has 0 aliphatic rings. The van der Waals surface area contributed by atoms with Crippen molar-refractivity contribution in [2.75, 3.05) is 5.73 Å². The molecule has 0 spiro atoms. The largest absolute Gasteiger partial charge is 0.490 e. The van der Waals surface area contributed by atoms with Crippen molar-refractivity contribution in [2.24, 2.45) is 0 Å². The van der Waals surface area contributed by atoms with Gasteiger partial charge < -0.3 is 10.8 Å².